The molecule has 6 nitrogen and oxygen atoms in total. The molecule has 0 bridgehead atoms. The zero-order valence-electron chi connectivity index (χ0n) is 18.7. The van der Waals surface area contributed by atoms with E-state index >= 15 is 0 Å². The van der Waals surface area contributed by atoms with E-state index in [4.69, 9.17) is 9.72 Å². The number of carbonyl (C=O) groups is 1. The summed E-state index contributed by atoms with van der Waals surface area (Å²) in [7, 11) is 0. The summed E-state index contributed by atoms with van der Waals surface area (Å²) in [4.78, 5) is 16.5. The lowest BCUT2D eigenvalue weighted by Gasteiger charge is -2.29. The molecule has 1 aliphatic carbocycles. The Morgan fingerprint density at radius 2 is 1.97 bits per heavy atom. The highest BCUT2D eigenvalue weighted by Gasteiger charge is 2.26. The summed E-state index contributed by atoms with van der Waals surface area (Å²) in [6.45, 7) is 8.17. The second-order valence-electron chi connectivity index (χ2n) is 9.01. The number of imidazole rings is 1. The summed E-state index contributed by atoms with van der Waals surface area (Å²) >= 11 is 0. The second-order valence-corrected chi connectivity index (χ2v) is 9.01. The van der Waals surface area contributed by atoms with Gasteiger partial charge >= 0.3 is 5.97 Å². The van der Waals surface area contributed by atoms with E-state index in [-0.39, 0.29) is 6.10 Å². The lowest BCUT2D eigenvalue weighted by Crippen LogP contribution is -2.19. The molecule has 2 aromatic carbocycles. The Kier molecular flexibility index (Phi) is 5.90. The van der Waals surface area contributed by atoms with Crippen LogP contribution in [0.1, 0.15) is 68.4 Å². The Hall–Kier alpha value is -3.02. The number of aryl methyl sites for hydroxylation is 1. The van der Waals surface area contributed by atoms with Gasteiger partial charge in [0.25, 0.3) is 0 Å². The number of hydrogen-bond donors (Lipinski definition) is 2. The van der Waals surface area contributed by atoms with Crippen molar-refractivity contribution in [3.63, 3.8) is 0 Å². The van der Waals surface area contributed by atoms with Crippen LogP contribution in [0.3, 0.4) is 0 Å². The van der Waals surface area contributed by atoms with Crippen molar-refractivity contribution in [1.29, 1.82) is 0 Å². The first-order valence-electron chi connectivity index (χ1n) is 11.1. The Morgan fingerprint density at radius 3 is 2.61 bits per heavy atom. The predicted molar refractivity (Wildman–Crippen MR) is 124 cm³/mol. The van der Waals surface area contributed by atoms with Gasteiger partial charge in [0.2, 0.25) is 5.95 Å². The molecule has 0 spiro atoms. The molecule has 0 saturated heterocycles. The van der Waals surface area contributed by atoms with Crippen LogP contribution < -0.4 is 10.1 Å². The molecule has 2 atom stereocenters. The number of hydrogen-bond acceptors (Lipinski definition) is 4. The number of aromatic nitrogens is 2. The molecule has 0 amide bonds. The first-order chi connectivity index (χ1) is 14.8. The maximum absolute atomic E-state index is 11.6. The lowest BCUT2D eigenvalue weighted by atomic mass is 9.87. The average Bonchev–Trinajstić information content (AvgIpc) is 3.05. The van der Waals surface area contributed by atoms with Gasteiger partial charge < -0.3 is 19.7 Å². The van der Waals surface area contributed by atoms with Crippen molar-refractivity contribution in [2.45, 2.75) is 65.5 Å². The van der Waals surface area contributed by atoms with Crippen molar-refractivity contribution in [1.82, 2.24) is 9.55 Å². The number of nitrogens with one attached hydrogen (secondary N) is 1. The third-order valence-electron chi connectivity index (χ3n) is 6.02. The molecular weight excluding hydrogens is 390 g/mol. The van der Waals surface area contributed by atoms with Crippen LogP contribution in [0.15, 0.2) is 36.4 Å². The van der Waals surface area contributed by atoms with E-state index in [1.807, 2.05) is 51.1 Å². The normalized spacial score (nSPS) is 19.0. The fourth-order valence-electron chi connectivity index (χ4n) is 4.59. The van der Waals surface area contributed by atoms with Gasteiger partial charge in [-0.05, 0) is 81.5 Å². The lowest BCUT2D eigenvalue weighted by molar-refractivity contribution is 0.0696. The van der Waals surface area contributed by atoms with Gasteiger partial charge in [-0.1, -0.05) is 19.8 Å². The average molecular weight is 422 g/mol. The molecule has 31 heavy (non-hydrogen) atoms. The van der Waals surface area contributed by atoms with Gasteiger partial charge in [-0.2, -0.15) is 0 Å². The predicted octanol–water partition coefficient (Wildman–Crippen LogP) is 6.32. The zero-order valence-corrected chi connectivity index (χ0v) is 18.7. The number of fused-ring (bicyclic) bond motifs is 1. The molecule has 1 fully saturated rings. The second kappa shape index (κ2) is 8.61. The van der Waals surface area contributed by atoms with E-state index in [9.17, 15) is 9.90 Å². The maximum Gasteiger partial charge on any atom is 0.336 e. The molecular formula is C25H31N3O3. The van der Waals surface area contributed by atoms with Gasteiger partial charge in [-0.3, -0.25) is 0 Å². The van der Waals surface area contributed by atoms with E-state index in [1.165, 1.54) is 12.8 Å². The zero-order chi connectivity index (χ0) is 22.1. The Labute approximate surface area is 183 Å². The summed E-state index contributed by atoms with van der Waals surface area (Å²) in [5.74, 6) is 1.33. The molecule has 1 aromatic heterocycles. The van der Waals surface area contributed by atoms with Crippen molar-refractivity contribution in [3.05, 3.63) is 47.5 Å². The fraction of sp³-hybridized carbons (Fsp3) is 0.440. The Balaban J connectivity index is 1.75. The first kappa shape index (κ1) is 21.2. The van der Waals surface area contributed by atoms with Crippen molar-refractivity contribution in [2.24, 2.45) is 5.92 Å². The van der Waals surface area contributed by atoms with E-state index in [0.717, 1.165) is 41.3 Å². The molecule has 4 rings (SSSR count). The molecule has 1 aliphatic rings. The Morgan fingerprint density at radius 1 is 1.23 bits per heavy atom. The monoisotopic (exact) mass is 421 g/mol. The van der Waals surface area contributed by atoms with Gasteiger partial charge in [0.15, 0.2) is 0 Å². The van der Waals surface area contributed by atoms with Crippen molar-refractivity contribution < 1.29 is 14.6 Å². The molecule has 6 heteroatoms. The van der Waals surface area contributed by atoms with E-state index < -0.39 is 5.97 Å². The largest absolute Gasteiger partial charge is 0.491 e. The fourth-order valence-corrected chi connectivity index (χ4v) is 4.59. The highest BCUT2D eigenvalue weighted by molar-refractivity contribution is 5.95. The smallest absolute Gasteiger partial charge is 0.336 e. The third kappa shape index (κ3) is 4.53. The van der Waals surface area contributed by atoms with Crippen molar-refractivity contribution >= 4 is 28.6 Å². The first-order valence-corrected chi connectivity index (χ1v) is 11.1. The van der Waals surface area contributed by atoms with Crippen LogP contribution in [0, 0.1) is 12.8 Å². The molecule has 164 valence electrons. The highest BCUT2D eigenvalue weighted by Crippen LogP contribution is 2.38. The molecule has 1 saturated carbocycles. The van der Waals surface area contributed by atoms with Gasteiger partial charge in [-0.15, -0.1) is 0 Å². The number of anilines is 2. The van der Waals surface area contributed by atoms with Gasteiger partial charge in [0.05, 0.1) is 22.7 Å². The number of nitrogens with zero attached hydrogens (tertiary/aromatic N) is 2. The van der Waals surface area contributed by atoms with Gasteiger partial charge in [0.1, 0.15) is 5.75 Å². The Bertz CT molecular complexity index is 1090. The van der Waals surface area contributed by atoms with Crippen molar-refractivity contribution in [2.75, 3.05) is 5.32 Å². The number of benzene rings is 2. The number of carboxylic acid groups (broad SMARTS) is 1. The summed E-state index contributed by atoms with van der Waals surface area (Å²) in [6.07, 6.45) is 4.78. The highest BCUT2D eigenvalue weighted by atomic mass is 16.5. The van der Waals surface area contributed by atoms with E-state index in [2.05, 4.69) is 16.8 Å². The van der Waals surface area contributed by atoms with Crippen molar-refractivity contribution in [3.8, 4) is 5.75 Å². The summed E-state index contributed by atoms with van der Waals surface area (Å²) in [6, 6.07) is 11.9. The quantitative estimate of drug-likeness (QED) is 0.487. The van der Waals surface area contributed by atoms with Gasteiger partial charge in [-0.25, -0.2) is 9.78 Å². The van der Waals surface area contributed by atoms with Gasteiger partial charge in [0, 0.05) is 11.7 Å². The third-order valence-corrected chi connectivity index (χ3v) is 6.02. The molecule has 0 radical (unpaired) electrons. The standard InChI is InChI=1S/C25H31N3O3/c1-15(2)31-20-10-8-18(9-11-20)26-25-27-22-14-21(24(29)30)17(4)13-23(22)28(25)19-7-5-6-16(3)12-19/h8-11,13-16,19H,5-7,12H2,1-4H3,(H,26,27)(H,29,30). The number of carboxylic acids is 1. The minimum atomic E-state index is -0.921. The molecule has 2 unspecified atom stereocenters. The van der Waals surface area contributed by atoms with Crippen LogP contribution in [0.4, 0.5) is 11.6 Å². The number of rotatable bonds is 6. The van der Waals surface area contributed by atoms with Crippen LogP contribution in [0.5, 0.6) is 5.75 Å². The summed E-state index contributed by atoms with van der Waals surface area (Å²) < 4.78 is 8.02. The topological polar surface area (TPSA) is 76.4 Å². The summed E-state index contributed by atoms with van der Waals surface area (Å²) in [5, 5.41) is 13.0. The van der Waals surface area contributed by atoms with E-state index in [0.29, 0.717) is 23.0 Å². The molecule has 2 N–H and O–H groups in total. The maximum atomic E-state index is 11.6. The van der Waals surface area contributed by atoms with Crippen LogP contribution in [-0.4, -0.2) is 26.7 Å². The molecule has 0 aliphatic heterocycles. The SMILES string of the molecule is Cc1cc2c(cc1C(=O)O)nc(Nc1ccc(OC(C)C)cc1)n2C1CCCC(C)C1. The number of ether oxygens (including phenoxy) is 1. The van der Waals surface area contributed by atoms with Crippen LogP contribution >= 0.6 is 0 Å². The minimum Gasteiger partial charge on any atom is -0.491 e. The van der Waals surface area contributed by atoms with Crippen LogP contribution in [-0.2, 0) is 0 Å². The van der Waals surface area contributed by atoms with Crippen LogP contribution in [0.2, 0.25) is 0 Å². The minimum absolute atomic E-state index is 0.128. The number of aromatic carboxylic acids is 1. The summed E-state index contributed by atoms with van der Waals surface area (Å²) in [5.41, 5.74) is 3.68. The molecule has 3 aromatic rings. The van der Waals surface area contributed by atoms with E-state index in [1.54, 1.807) is 6.07 Å². The molecule has 1 heterocycles. The van der Waals surface area contributed by atoms with Crippen LogP contribution in [0.25, 0.3) is 11.0 Å².